The highest BCUT2D eigenvalue weighted by Crippen LogP contribution is 2.35. The molecule has 4 heteroatoms. The van der Waals surface area contributed by atoms with E-state index in [4.69, 9.17) is 16.0 Å². The number of para-hydroxylation sites is 1. The van der Waals surface area contributed by atoms with Crippen LogP contribution in [0.2, 0.25) is 5.02 Å². The molecule has 1 heterocycles. The Morgan fingerprint density at radius 1 is 1.08 bits per heavy atom. The topological polar surface area (TPSA) is 42.2 Å². The summed E-state index contributed by atoms with van der Waals surface area (Å²) in [5.74, 6) is 0.886. The Balaban J connectivity index is 1.57. The lowest BCUT2D eigenvalue weighted by atomic mass is 9.96. The third kappa shape index (κ3) is 3.33. The third-order valence-electron chi connectivity index (χ3n) is 4.54. The van der Waals surface area contributed by atoms with Gasteiger partial charge in [0.25, 0.3) is 0 Å². The second kappa shape index (κ2) is 6.77. The monoisotopic (exact) mass is 351 g/mol. The van der Waals surface area contributed by atoms with Gasteiger partial charge in [-0.15, -0.1) is 0 Å². The highest BCUT2D eigenvalue weighted by molar-refractivity contribution is 6.30. The number of nitrogens with one attached hydrogen (secondary N) is 1. The van der Waals surface area contributed by atoms with Gasteiger partial charge in [-0.2, -0.15) is 0 Å². The number of rotatable bonds is 3. The minimum Gasteiger partial charge on any atom is -0.459 e. The Morgan fingerprint density at radius 2 is 1.88 bits per heavy atom. The maximum absolute atomic E-state index is 12.3. The van der Waals surface area contributed by atoms with Gasteiger partial charge in [-0.05, 0) is 49.1 Å². The molecule has 0 saturated heterocycles. The minimum absolute atomic E-state index is 0.183. The van der Waals surface area contributed by atoms with Gasteiger partial charge in [0.2, 0.25) is 5.91 Å². The lowest BCUT2D eigenvalue weighted by molar-refractivity contribution is -0.111. The van der Waals surface area contributed by atoms with E-state index in [1.165, 1.54) is 24.5 Å². The maximum atomic E-state index is 12.3. The number of hydrogen-bond donors (Lipinski definition) is 1. The highest BCUT2D eigenvalue weighted by atomic mass is 35.5. The highest BCUT2D eigenvalue weighted by Gasteiger charge is 2.19. The van der Waals surface area contributed by atoms with E-state index in [-0.39, 0.29) is 5.91 Å². The quantitative estimate of drug-likeness (QED) is 0.622. The maximum Gasteiger partial charge on any atom is 0.248 e. The molecule has 25 heavy (non-hydrogen) atoms. The summed E-state index contributed by atoms with van der Waals surface area (Å²) < 4.78 is 6.04. The molecule has 0 saturated carbocycles. The average Bonchev–Trinajstić information content (AvgIpc) is 3.01. The molecule has 1 amide bonds. The van der Waals surface area contributed by atoms with Crippen molar-refractivity contribution in [1.29, 1.82) is 0 Å². The molecule has 0 spiro atoms. The summed E-state index contributed by atoms with van der Waals surface area (Å²) in [7, 11) is 0. The van der Waals surface area contributed by atoms with Gasteiger partial charge in [0.15, 0.2) is 5.58 Å². The van der Waals surface area contributed by atoms with Crippen molar-refractivity contribution in [3.8, 4) is 0 Å². The van der Waals surface area contributed by atoms with Crippen LogP contribution in [0.15, 0.2) is 53.0 Å². The minimum atomic E-state index is -0.183. The molecule has 1 aromatic heterocycles. The summed E-state index contributed by atoms with van der Waals surface area (Å²) in [4.78, 5) is 12.3. The number of carbonyl (C=O) groups is 1. The molecule has 0 atom stereocenters. The summed E-state index contributed by atoms with van der Waals surface area (Å²) in [5, 5.41) is 4.73. The molecule has 3 nitrogen and oxygen atoms in total. The van der Waals surface area contributed by atoms with Gasteiger partial charge in [-0.25, -0.2) is 0 Å². The predicted octanol–water partition coefficient (Wildman–Crippen LogP) is 5.62. The van der Waals surface area contributed by atoms with Crippen molar-refractivity contribution in [2.24, 2.45) is 0 Å². The SMILES string of the molecule is O=C(/C=C/c1ccc(Cl)cc1)Nc1cccc2c3c(oc12)CCCC3. The Morgan fingerprint density at radius 3 is 2.72 bits per heavy atom. The number of amides is 1. The number of fused-ring (bicyclic) bond motifs is 3. The van der Waals surface area contributed by atoms with E-state index in [1.807, 2.05) is 24.3 Å². The summed E-state index contributed by atoms with van der Waals surface area (Å²) in [6, 6.07) is 13.3. The van der Waals surface area contributed by atoms with Crippen LogP contribution in [0.1, 0.15) is 29.7 Å². The summed E-state index contributed by atoms with van der Waals surface area (Å²) in [5.41, 5.74) is 3.72. The zero-order valence-electron chi connectivity index (χ0n) is 13.7. The van der Waals surface area contributed by atoms with Crippen LogP contribution in [0.3, 0.4) is 0 Å². The van der Waals surface area contributed by atoms with Gasteiger partial charge in [-0.3, -0.25) is 4.79 Å². The fourth-order valence-electron chi connectivity index (χ4n) is 3.30. The summed E-state index contributed by atoms with van der Waals surface area (Å²) >= 11 is 5.87. The predicted molar refractivity (Wildman–Crippen MR) is 102 cm³/mol. The van der Waals surface area contributed by atoms with Gasteiger partial charge in [0.05, 0.1) is 5.69 Å². The second-order valence-corrected chi connectivity index (χ2v) is 6.70. The Hall–Kier alpha value is -2.52. The van der Waals surface area contributed by atoms with E-state index >= 15 is 0 Å². The zero-order valence-corrected chi connectivity index (χ0v) is 14.5. The molecule has 1 N–H and O–H groups in total. The molecular formula is C21H18ClNO2. The van der Waals surface area contributed by atoms with E-state index in [0.29, 0.717) is 5.02 Å². The average molecular weight is 352 g/mol. The number of halogens is 1. The van der Waals surface area contributed by atoms with Crippen molar-refractivity contribution in [3.05, 3.63) is 70.5 Å². The van der Waals surface area contributed by atoms with Gasteiger partial charge in [0.1, 0.15) is 5.76 Å². The summed E-state index contributed by atoms with van der Waals surface area (Å²) in [6.07, 6.45) is 7.67. The standard InChI is InChI=1S/C21H18ClNO2/c22-15-11-8-14(9-12-15)10-13-20(24)23-18-6-3-5-17-16-4-1-2-7-19(16)25-21(17)18/h3,5-6,8-13H,1-2,4,7H2,(H,23,24)/b13-10+. The van der Waals surface area contributed by atoms with Crippen molar-refractivity contribution >= 4 is 40.2 Å². The van der Waals surface area contributed by atoms with Crippen LogP contribution < -0.4 is 5.32 Å². The van der Waals surface area contributed by atoms with E-state index in [2.05, 4.69) is 11.4 Å². The third-order valence-corrected chi connectivity index (χ3v) is 4.79. The Bertz CT molecular complexity index is 954. The normalized spacial score (nSPS) is 14.0. The number of benzene rings is 2. The van der Waals surface area contributed by atoms with Crippen molar-refractivity contribution < 1.29 is 9.21 Å². The molecule has 0 unspecified atom stereocenters. The van der Waals surface area contributed by atoms with Crippen LogP contribution >= 0.6 is 11.6 Å². The lowest BCUT2D eigenvalue weighted by Gasteiger charge is -2.08. The largest absolute Gasteiger partial charge is 0.459 e. The van der Waals surface area contributed by atoms with E-state index < -0.39 is 0 Å². The zero-order chi connectivity index (χ0) is 17.2. The van der Waals surface area contributed by atoms with Crippen molar-refractivity contribution in [1.82, 2.24) is 0 Å². The van der Waals surface area contributed by atoms with Crippen LogP contribution in [-0.4, -0.2) is 5.91 Å². The molecule has 126 valence electrons. The van der Waals surface area contributed by atoms with Crippen molar-refractivity contribution in [2.75, 3.05) is 5.32 Å². The second-order valence-electron chi connectivity index (χ2n) is 6.27. The van der Waals surface area contributed by atoms with Gasteiger partial charge in [0, 0.05) is 28.5 Å². The molecule has 0 fully saturated rings. The Kier molecular flexibility index (Phi) is 4.33. The molecular weight excluding hydrogens is 334 g/mol. The molecule has 4 rings (SSSR count). The lowest BCUT2D eigenvalue weighted by Crippen LogP contribution is -2.07. The van der Waals surface area contributed by atoms with Crippen molar-refractivity contribution in [2.45, 2.75) is 25.7 Å². The van der Waals surface area contributed by atoms with Crippen LogP contribution in [-0.2, 0) is 17.6 Å². The molecule has 3 aromatic rings. The molecule has 1 aliphatic rings. The fraction of sp³-hybridized carbons (Fsp3) is 0.190. The van der Waals surface area contributed by atoms with E-state index in [1.54, 1.807) is 18.2 Å². The first-order valence-corrected chi connectivity index (χ1v) is 8.86. The molecule has 0 aliphatic heterocycles. The summed E-state index contributed by atoms with van der Waals surface area (Å²) in [6.45, 7) is 0. The van der Waals surface area contributed by atoms with Crippen LogP contribution in [0.4, 0.5) is 5.69 Å². The van der Waals surface area contributed by atoms with Gasteiger partial charge in [-0.1, -0.05) is 35.9 Å². The molecule has 0 radical (unpaired) electrons. The van der Waals surface area contributed by atoms with Gasteiger partial charge >= 0.3 is 0 Å². The van der Waals surface area contributed by atoms with Crippen LogP contribution in [0, 0.1) is 0 Å². The first-order chi connectivity index (χ1) is 12.2. The number of furan rings is 1. The van der Waals surface area contributed by atoms with E-state index in [9.17, 15) is 4.79 Å². The van der Waals surface area contributed by atoms with Crippen LogP contribution in [0.5, 0.6) is 0 Å². The van der Waals surface area contributed by atoms with E-state index in [0.717, 1.165) is 40.8 Å². The fourth-order valence-corrected chi connectivity index (χ4v) is 3.43. The number of aryl methyl sites for hydroxylation is 2. The Labute approximate surface area is 151 Å². The molecule has 2 aromatic carbocycles. The molecule has 1 aliphatic carbocycles. The van der Waals surface area contributed by atoms with Crippen molar-refractivity contribution in [3.63, 3.8) is 0 Å². The van der Waals surface area contributed by atoms with Crippen LogP contribution in [0.25, 0.3) is 17.0 Å². The first-order valence-electron chi connectivity index (χ1n) is 8.48. The first kappa shape index (κ1) is 16.0. The number of anilines is 1. The molecule has 0 bridgehead atoms. The van der Waals surface area contributed by atoms with Gasteiger partial charge < -0.3 is 9.73 Å². The number of hydrogen-bond acceptors (Lipinski definition) is 2. The smallest absolute Gasteiger partial charge is 0.248 e. The number of carbonyl (C=O) groups excluding carboxylic acids is 1.